The van der Waals surface area contributed by atoms with E-state index < -0.39 is 11.4 Å². The fourth-order valence-corrected chi connectivity index (χ4v) is 5.40. The molecule has 2 aromatic carbocycles. The van der Waals surface area contributed by atoms with Crippen LogP contribution in [-0.2, 0) is 0 Å². The summed E-state index contributed by atoms with van der Waals surface area (Å²) >= 11 is 0. The van der Waals surface area contributed by atoms with Crippen molar-refractivity contribution in [1.82, 2.24) is 29.0 Å². The van der Waals surface area contributed by atoms with Crippen molar-refractivity contribution in [3.05, 3.63) is 81.8 Å². The van der Waals surface area contributed by atoms with Crippen LogP contribution in [-0.4, -0.2) is 62.3 Å². The van der Waals surface area contributed by atoms with Gasteiger partial charge in [0.25, 0.3) is 5.56 Å². The van der Waals surface area contributed by atoms with Gasteiger partial charge in [-0.2, -0.15) is 0 Å². The molecule has 0 saturated carbocycles. The van der Waals surface area contributed by atoms with E-state index in [9.17, 15) is 9.18 Å². The molecule has 0 spiro atoms. The lowest BCUT2D eigenvalue weighted by Gasteiger charge is -2.36. The number of nitrogens with one attached hydrogen (secondary N) is 1. The highest BCUT2D eigenvalue weighted by Gasteiger charge is 2.20. The van der Waals surface area contributed by atoms with Gasteiger partial charge in [0.15, 0.2) is 5.65 Å². The lowest BCUT2D eigenvalue weighted by atomic mass is 10.1. The number of aromatic nitrogens is 5. The molecule has 9 nitrogen and oxygen atoms in total. The van der Waals surface area contributed by atoms with E-state index in [1.807, 2.05) is 0 Å². The van der Waals surface area contributed by atoms with Crippen LogP contribution < -0.4 is 15.8 Å². The predicted molar refractivity (Wildman–Crippen MR) is 147 cm³/mol. The summed E-state index contributed by atoms with van der Waals surface area (Å²) in [4.78, 5) is 31.9. The summed E-state index contributed by atoms with van der Waals surface area (Å²) in [5.74, 6) is -0.140. The van der Waals surface area contributed by atoms with Crippen LogP contribution in [0.15, 0.2) is 53.7 Å². The van der Waals surface area contributed by atoms with Gasteiger partial charge in [-0.05, 0) is 62.7 Å². The SMILES string of the molecule is Cc1cc(Nc2ncc3c(=O)n(-c4c(C)cccc4F)n4ccnc4c3n2)cc(C)c1N1CCN(C)CC1. The first-order valence-corrected chi connectivity index (χ1v) is 12.6. The number of aryl methyl sites for hydroxylation is 3. The Balaban J connectivity index is 1.40. The van der Waals surface area contributed by atoms with Gasteiger partial charge in [-0.1, -0.05) is 12.1 Å². The highest BCUT2D eigenvalue weighted by Crippen LogP contribution is 2.30. The van der Waals surface area contributed by atoms with E-state index in [0.717, 1.165) is 31.9 Å². The van der Waals surface area contributed by atoms with E-state index in [4.69, 9.17) is 0 Å². The average molecular weight is 513 g/mol. The lowest BCUT2D eigenvalue weighted by molar-refractivity contribution is 0.312. The van der Waals surface area contributed by atoms with Crippen molar-refractivity contribution in [2.45, 2.75) is 20.8 Å². The fraction of sp³-hybridized carbons (Fsp3) is 0.286. The summed E-state index contributed by atoms with van der Waals surface area (Å²) in [5.41, 5.74) is 5.71. The van der Waals surface area contributed by atoms with E-state index in [1.165, 1.54) is 38.3 Å². The van der Waals surface area contributed by atoms with Gasteiger partial charge < -0.3 is 15.1 Å². The number of benzene rings is 2. The zero-order chi connectivity index (χ0) is 26.6. The first-order chi connectivity index (χ1) is 18.3. The monoisotopic (exact) mass is 512 g/mol. The highest BCUT2D eigenvalue weighted by molar-refractivity contribution is 5.90. The molecule has 0 amide bonds. The van der Waals surface area contributed by atoms with Crippen LogP contribution in [0, 0.1) is 26.6 Å². The minimum absolute atomic E-state index is 0.177. The molecule has 38 heavy (non-hydrogen) atoms. The van der Waals surface area contributed by atoms with Crippen molar-refractivity contribution in [2.75, 3.05) is 43.4 Å². The molecule has 194 valence electrons. The predicted octanol–water partition coefficient (Wildman–Crippen LogP) is 3.99. The Labute approximate surface area is 219 Å². The molecule has 1 aliphatic heterocycles. The van der Waals surface area contributed by atoms with Crippen LogP contribution >= 0.6 is 0 Å². The van der Waals surface area contributed by atoms with Gasteiger partial charge in [-0.15, -0.1) is 0 Å². The van der Waals surface area contributed by atoms with Crippen molar-refractivity contribution in [3.63, 3.8) is 0 Å². The second-order valence-electron chi connectivity index (χ2n) is 9.95. The minimum Gasteiger partial charge on any atom is -0.369 e. The third kappa shape index (κ3) is 3.97. The number of fused-ring (bicyclic) bond motifs is 3. The summed E-state index contributed by atoms with van der Waals surface area (Å²) in [5, 5.41) is 3.56. The molecule has 5 aromatic rings. The van der Waals surface area contributed by atoms with Gasteiger partial charge >= 0.3 is 0 Å². The summed E-state index contributed by atoms with van der Waals surface area (Å²) in [7, 11) is 2.15. The molecule has 6 rings (SSSR count). The standard InChI is InChI=1S/C28H29FN8O/c1-17-6-5-7-22(29)25(17)37-27(38)21-16-31-28(33-23(21)26-30-8-9-36(26)37)32-20-14-18(2)24(19(3)15-20)35-12-10-34(4)11-13-35/h5-9,14-16H,10-13H2,1-4H3,(H,31,32,33). The maximum absolute atomic E-state index is 14.8. The Hall–Kier alpha value is -4.31. The van der Waals surface area contributed by atoms with Crippen molar-refractivity contribution in [3.8, 4) is 5.69 Å². The minimum atomic E-state index is -0.494. The Morgan fingerprint density at radius 1 is 0.947 bits per heavy atom. The van der Waals surface area contributed by atoms with Crippen molar-refractivity contribution in [2.24, 2.45) is 0 Å². The maximum atomic E-state index is 14.8. The first kappa shape index (κ1) is 24.1. The topological polar surface area (TPSA) is 83.6 Å². The summed E-state index contributed by atoms with van der Waals surface area (Å²) in [6, 6.07) is 8.91. The fourth-order valence-electron chi connectivity index (χ4n) is 5.40. The number of anilines is 3. The Bertz CT molecular complexity index is 1710. The summed E-state index contributed by atoms with van der Waals surface area (Å²) in [6.07, 6.45) is 4.67. The number of piperazine rings is 1. The number of imidazole rings is 1. The molecule has 1 aliphatic rings. The Morgan fingerprint density at radius 2 is 1.68 bits per heavy atom. The van der Waals surface area contributed by atoms with Crippen LogP contribution in [0.3, 0.4) is 0 Å². The molecule has 0 radical (unpaired) electrons. The Kier molecular flexibility index (Phi) is 5.83. The number of halogens is 1. The molecule has 0 aliphatic carbocycles. The number of nitrogens with zero attached hydrogens (tertiary/aromatic N) is 7. The number of hydrogen-bond acceptors (Lipinski definition) is 7. The summed E-state index contributed by atoms with van der Waals surface area (Å²) in [6.45, 7) is 10.1. The molecule has 0 bridgehead atoms. The van der Waals surface area contributed by atoms with Gasteiger partial charge in [0.1, 0.15) is 17.0 Å². The quantitative estimate of drug-likeness (QED) is 0.390. The number of rotatable bonds is 4. The van der Waals surface area contributed by atoms with Gasteiger partial charge in [-0.3, -0.25) is 4.79 Å². The lowest BCUT2D eigenvalue weighted by Crippen LogP contribution is -2.45. The molecule has 1 N–H and O–H groups in total. The van der Waals surface area contributed by atoms with Gasteiger partial charge in [0.05, 0.1) is 5.39 Å². The highest BCUT2D eigenvalue weighted by atomic mass is 19.1. The van der Waals surface area contributed by atoms with E-state index in [-0.39, 0.29) is 11.1 Å². The smallest absolute Gasteiger partial charge is 0.281 e. The van der Waals surface area contributed by atoms with Crippen LogP contribution in [0.4, 0.5) is 21.7 Å². The van der Waals surface area contributed by atoms with Crippen LogP contribution in [0.5, 0.6) is 0 Å². The molecule has 0 atom stereocenters. The van der Waals surface area contributed by atoms with E-state index in [0.29, 0.717) is 22.7 Å². The van der Waals surface area contributed by atoms with Gasteiger partial charge in [0.2, 0.25) is 5.95 Å². The van der Waals surface area contributed by atoms with Crippen molar-refractivity contribution < 1.29 is 4.39 Å². The average Bonchev–Trinajstić information content (AvgIpc) is 3.36. The Morgan fingerprint density at radius 3 is 2.39 bits per heavy atom. The van der Waals surface area contributed by atoms with Crippen LogP contribution in [0.2, 0.25) is 0 Å². The third-order valence-electron chi connectivity index (χ3n) is 7.23. The summed E-state index contributed by atoms with van der Waals surface area (Å²) < 4.78 is 17.7. The molecular formula is C28H29FN8O. The molecule has 10 heteroatoms. The third-order valence-corrected chi connectivity index (χ3v) is 7.23. The van der Waals surface area contributed by atoms with Crippen LogP contribution in [0.25, 0.3) is 22.2 Å². The maximum Gasteiger partial charge on any atom is 0.281 e. The van der Waals surface area contributed by atoms with E-state index in [2.05, 4.69) is 63.1 Å². The van der Waals surface area contributed by atoms with Crippen molar-refractivity contribution >= 4 is 33.9 Å². The first-order valence-electron chi connectivity index (χ1n) is 12.6. The zero-order valence-electron chi connectivity index (χ0n) is 21.9. The zero-order valence-corrected chi connectivity index (χ0v) is 21.9. The normalized spacial score (nSPS) is 14.5. The number of likely N-dealkylation sites (N-methyl/N-ethyl adjacent to an activating group) is 1. The van der Waals surface area contributed by atoms with Gasteiger partial charge in [0, 0.05) is 56.1 Å². The largest absolute Gasteiger partial charge is 0.369 e. The number of para-hydroxylation sites is 1. The van der Waals surface area contributed by atoms with E-state index >= 15 is 0 Å². The van der Waals surface area contributed by atoms with E-state index in [1.54, 1.807) is 31.5 Å². The number of hydrogen-bond donors (Lipinski definition) is 1. The van der Waals surface area contributed by atoms with Gasteiger partial charge in [-0.25, -0.2) is 28.5 Å². The second kappa shape index (κ2) is 9.21. The molecule has 1 saturated heterocycles. The molecule has 4 heterocycles. The van der Waals surface area contributed by atoms with Crippen LogP contribution in [0.1, 0.15) is 16.7 Å². The molecule has 1 fully saturated rings. The molecular weight excluding hydrogens is 483 g/mol. The second-order valence-corrected chi connectivity index (χ2v) is 9.95. The molecule has 3 aromatic heterocycles. The molecule has 0 unspecified atom stereocenters. The van der Waals surface area contributed by atoms with Crippen molar-refractivity contribution in [1.29, 1.82) is 0 Å².